The molecule has 19 heavy (non-hydrogen) atoms. The molecule has 0 aliphatic heterocycles. The Morgan fingerprint density at radius 2 is 2.11 bits per heavy atom. The maximum atomic E-state index is 10.6. The van der Waals surface area contributed by atoms with E-state index in [1.807, 2.05) is 42.8 Å². The van der Waals surface area contributed by atoms with Crippen molar-refractivity contribution in [3.05, 3.63) is 40.1 Å². The van der Waals surface area contributed by atoms with Gasteiger partial charge in [0.15, 0.2) is 0 Å². The van der Waals surface area contributed by atoms with Gasteiger partial charge in [-0.15, -0.1) is 0 Å². The van der Waals surface area contributed by atoms with Gasteiger partial charge in [-0.2, -0.15) is 0 Å². The minimum absolute atomic E-state index is 0.0861. The second kappa shape index (κ2) is 5.57. The van der Waals surface area contributed by atoms with Crippen molar-refractivity contribution in [3.63, 3.8) is 0 Å². The number of aliphatic carboxylic acids is 1. The van der Waals surface area contributed by atoms with E-state index in [0.717, 1.165) is 27.2 Å². The molecule has 4 nitrogen and oxygen atoms in total. The molecule has 0 aliphatic rings. The average Bonchev–Trinajstić information content (AvgIpc) is 2.65. The summed E-state index contributed by atoms with van der Waals surface area (Å²) < 4.78 is 2.78. The molecule has 2 rings (SSSR count). The van der Waals surface area contributed by atoms with Gasteiger partial charge >= 0.3 is 5.97 Å². The van der Waals surface area contributed by atoms with Crippen molar-refractivity contribution in [2.24, 2.45) is 7.05 Å². The Hall–Kier alpha value is -1.62. The number of rotatable bonds is 4. The lowest BCUT2D eigenvalue weighted by Crippen LogP contribution is -1.98. The van der Waals surface area contributed by atoms with Crippen LogP contribution in [0.3, 0.4) is 0 Å². The Bertz CT molecular complexity index is 620. The molecule has 100 valence electrons. The average molecular weight is 323 g/mol. The van der Waals surface area contributed by atoms with Gasteiger partial charge in [0.2, 0.25) is 0 Å². The number of hydrogen-bond acceptors (Lipinski definition) is 2. The van der Waals surface area contributed by atoms with Crippen LogP contribution >= 0.6 is 15.9 Å². The van der Waals surface area contributed by atoms with E-state index in [1.165, 1.54) is 0 Å². The second-order valence-corrected chi connectivity index (χ2v) is 5.19. The molecule has 1 aromatic heterocycles. The van der Waals surface area contributed by atoms with Crippen molar-refractivity contribution in [2.45, 2.75) is 19.8 Å². The van der Waals surface area contributed by atoms with Crippen LogP contribution in [0.25, 0.3) is 11.4 Å². The van der Waals surface area contributed by atoms with E-state index in [4.69, 9.17) is 5.11 Å². The van der Waals surface area contributed by atoms with Gasteiger partial charge in [0.1, 0.15) is 10.4 Å². The summed E-state index contributed by atoms with van der Waals surface area (Å²) in [7, 11) is 1.92. The maximum Gasteiger partial charge on any atom is 0.303 e. The lowest BCUT2D eigenvalue weighted by molar-refractivity contribution is -0.136. The van der Waals surface area contributed by atoms with E-state index in [0.29, 0.717) is 6.42 Å². The molecule has 1 aromatic carbocycles. The van der Waals surface area contributed by atoms with Gasteiger partial charge in [0.25, 0.3) is 0 Å². The number of carboxylic acids is 1. The lowest BCUT2D eigenvalue weighted by Gasteiger charge is -2.05. The predicted octanol–water partition coefficient (Wildman–Crippen LogP) is 3.18. The molecular weight excluding hydrogens is 308 g/mol. The summed E-state index contributed by atoms with van der Waals surface area (Å²) in [6.45, 7) is 2.04. The highest BCUT2D eigenvalue weighted by Crippen LogP contribution is 2.27. The maximum absolute atomic E-state index is 10.6. The van der Waals surface area contributed by atoms with Crippen molar-refractivity contribution in [1.82, 2.24) is 9.55 Å². The Kier molecular flexibility index (Phi) is 4.04. The van der Waals surface area contributed by atoms with Crippen LogP contribution in [0.2, 0.25) is 0 Å². The number of nitrogens with zero attached hydrogens (tertiary/aromatic N) is 2. The summed E-state index contributed by atoms with van der Waals surface area (Å²) in [5, 5.41) is 8.75. The Morgan fingerprint density at radius 3 is 2.74 bits per heavy atom. The topological polar surface area (TPSA) is 55.1 Å². The zero-order valence-electron chi connectivity index (χ0n) is 10.9. The number of halogens is 1. The molecule has 0 atom stereocenters. The Labute approximate surface area is 120 Å². The molecule has 5 heteroatoms. The summed E-state index contributed by atoms with van der Waals surface area (Å²) in [5.74, 6) is 0.0420. The van der Waals surface area contributed by atoms with Gasteiger partial charge in [0.05, 0.1) is 12.1 Å². The largest absolute Gasteiger partial charge is 0.481 e. The van der Waals surface area contributed by atoms with E-state index in [9.17, 15) is 4.79 Å². The zero-order chi connectivity index (χ0) is 14.0. The summed E-state index contributed by atoms with van der Waals surface area (Å²) in [6.07, 6.45) is 0.512. The van der Waals surface area contributed by atoms with E-state index in [2.05, 4.69) is 20.9 Å². The molecule has 0 bridgehead atoms. The second-order valence-electron chi connectivity index (χ2n) is 4.44. The highest BCUT2D eigenvalue weighted by Gasteiger charge is 2.15. The first-order chi connectivity index (χ1) is 9.00. The zero-order valence-corrected chi connectivity index (χ0v) is 12.4. The van der Waals surface area contributed by atoms with Crippen molar-refractivity contribution < 1.29 is 9.90 Å². The molecule has 1 heterocycles. The first-order valence-electron chi connectivity index (χ1n) is 5.99. The quantitative estimate of drug-likeness (QED) is 0.940. The van der Waals surface area contributed by atoms with Gasteiger partial charge in [-0.25, -0.2) is 4.98 Å². The van der Waals surface area contributed by atoms with Crippen LogP contribution in [0, 0.1) is 6.92 Å². The number of imidazole rings is 1. The third-order valence-corrected chi connectivity index (χ3v) is 4.04. The SMILES string of the molecule is Cc1ccccc1-c1nc(CCC(=O)O)c(Br)n1C. The number of aromatic nitrogens is 2. The van der Waals surface area contributed by atoms with Crippen LogP contribution in [0.4, 0.5) is 0 Å². The summed E-state index contributed by atoms with van der Waals surface area (Å²) in [5.41, 5.74) is 2.99. The molecule has 0 fully saturated rings. The predicted molar refractivity (Wildman–Crippen MR) is 77.0 cm³/mol. The molecular formula is C14H15BrN2O2. The standard InChI is InChI=1S/C14H15BrN2O2/c1-9-5-3-4-6-10(9)14-16-11(7-8-12(18)19)13(15)17(14)2/h3-6H,7-8H2,1-2H3,(H,18,19). The fraction of sp³-hybridized carbons (Fsp3) is 0.286. The number of carboxylic acid groups (broad SMARTS) is 1. The van der Waals surface area contributed by atoms with Crippen molar-refractivity contribution in [3.8, 4) is 11.4 Å². The number of benzene rings is 1. The highest BCUT2D eigenvalue weighted by atomic mass is 79.9. The van der Waals surface area contributed by atoms with Gasteiger partial charge in [0, 0.05) is 19.0 Å². The Balaban J connectivity index is 2.40. The third-order valence-electron chi connectivity index (χ3n) is 3.05. The van der Waals surface area contributed by atoms with Crippen LogP contribution in [-0.2, 0) is 18.3 Å². The van der Waals surface area contributed by atoms with Crippen LogP contribution in [0.5, 0.6) is 0 Å². The summed E-state index contributed by atoms with van der Waals surface area (Å²) in [6, 6.07) is 8.02. The van der Waals surface area contributed by atoms with Gasteiger partial charge in [-0.05, 0) is 28.4 Å². The third kappa shape index (κ3) is 2.87. The van der Waals surface area contributed by atoms with E-state index < -0.39 is 5.97 Å². The summed E-state index contributed by atoms with van der Waals surface area (Å²) in [4.78, 5) is 15.2. The fourth-order valence-corrected chi connectivity index (χ4v) is 2.44. The van der Waals surface area contributed by atoms with Crippen molar-refractivity contribution >= 4 is 21.9 Å². The summed E-state index contributed by atoms with van der Waals surface area (Å²) >= 11 is 3.48. The van der Waals surface area contributed by atoms with Crippen LogP contribution in [0.15, 0.2) is 28.9 Å². The van der Waals surface area contributed by atoms with Gasteiger partial charge in [-0.3, -0.25) is 4.79 Å². The molecule has 1 N–H and O–H groups in total. The molecule has 2 aromatic rings. The first-order valence-corrected chi connectivity index (χ1v) is 6.79. The van der Waals surface area contributed by atoms with Gasteiger partial charge < -0.3 is 9.67 Å². The van der Waals surface area contributed by atoms with Crippen molar-refractivity contribution in [1.29, 1.82) is 0 Å². The van der Waals surface area contributed by atoms with E-state index >= 15 is 0 Å². The molecule has 0 saturated heterocycles. The van der Waals surface area contributed by atoms with E-state index in [1.54, 1.807) is 0 Å². The minimum atomic E-state index is -0.810. The smallest absolute Gasteiger partial charge is 0.303 e. The molecule has 0 amide bonds. The lowest BCUT2D eigenvalue weighted by atomic mass is 10.1. The van der Waals surface area contributed by atoms with Crippen LogP contribution < -0.4 is 0 Å². The molecule has 0 aliphatic carbocycles. The molecule has 0 radical (unpaired) electrons. The first kappa shape index (κ1) is 13.8. The van der Waals surface area contributed by atoms with E-state index in [-0.39, 0.29) is 6.42 Å². The van der Waals surface area contributed by atoms with Crippen molar-refractivity contribution in [2.75, 3.05) is 0 Å². The van der Waals surface area contributed by atoms with Crippen LogP contribution in [-0.4, -0.2) is 20.6 Å². The highest BCUT2D eigenvalue weighted by molar-refractivity contribution is 9.10. The molecule has 0 saturated carbocycles. The fourth-order valence-electron chi connectivity index (χ4n) is 1.98. The Morgan fingerprint density at radius 1 is 1.42 bits per heavy atom. The number of aryl methyl sites for hydroxylation is 2. The molecule has 0 unspecified atom stereocenters. The number of hydrogen-bond donors (Lipinski definition) is 1. The van der Waals surface area contributed by atoms with Crippen LogP contribution in [0.1, 0.15) is 17.7 Å². The molecule has 0 spiro atoms. The van der Waals surface area contributed by atoms with Gasteiger partial charge in [-0.1, -0.05) is 24.3 Å². The number of carbonyl (C=O) groups is 1. The monoisotopic (exact) mass is 322 g/mol. The normalized spacial score (nSPS) is 10.7. The minimum Gasteiger partial charge on any atom is -0.481 e.